The van der Waals surface area contributed by atoms with Crippen molar-refractivity contribution in [2.45, 2.75) is 6.54 Å². The summed E-state index contributed by atoms with van der Waals surface area (Å²) in [6.07, 6.45) is 3.37. The van der Waals surface area contributed by atoms with E-state index in [2.05, 4.69) is 10.2 Å². The van der Waals surface area contributed by atoms with Crippen LogP contribution in [0.15, 0.2) is 30.6 Å². The Balaban J connectivity index is 2.17. The largest absolute Gasteiger partial charge is 0.508 e. The van der Waals surface area contributed by atoms with Crippen molar-refractivity contribution in [1.29, 1.82) is 0 Å². The van der Waals surface area contributed by atoms with Gasteiger partial charge in [0, 0.05) is 31.0 Å². The van der Waals surface area contributed by atoms with Crippen LogP contribution >= 0.6 is 0 Å². The normalized spacial score (nSPS) is 10.3. The number of rotatable bonds is 3. The van der Waals surface area contributed by atoms with Gasteiger partial charge in [0.25, 0.3) is 5.91 Å². The molecule has 0 aliphatic rings. The lowest BCUT2D eigenvalue weighted by molar-refractivity contribution is 0.0786. The molecule has 1 aromatic heterocycles. The lowest BCUT2D eigenvalue weighted by Gasteiger charge is -2.17. The molecule has 2 aromatic rings. The van der Waals surface area contributed by atoms with Gasteiger partial charge in [-0.25, -0.2) is 0 Å². The predicted molar refractivity (Wildman–Crippen MR) is 66.9 cm³/mol. The van der Waals surface area contributed by atoms with E-state index < -0.39 is 0 Å². The first-order valence-corrected chi connectivity index (χ1v) is 5.39. The van der Waals surface area contributed by atoms with E-state index in [9.17, 15) is 9.90 Å². The van der Waals surface area contributed by atoms with E-state index >= 15 is 0 Å². The van der Waals surface area contributed by atoms with E-state index in [0.717, 1.165) is 5.56 Å². The van der Waals surface area contributed by atoms with Crippen molar-refractivity contribution in [3.63, 3.8) is 0 Å². The van der Waals surface area contributed by atoms with E-state index in [1.54, 1.807) is 19.4 Å². The van der Waals surface area contributed by atoms with E-state index in [4.69, 9.17) is 5.73 Å². The molecule has 0 aliphatic carbocycles. The van der Waals surface area contributed by atoms with Gasteiger partial charge in [-0.3, -0.25) is 9.89 Å². The smallest absolute Gasteiger partial charge is 0.256 e. The number of hydrogen-bond acceptors (Lipinski definition) is 4. The van der Waals surface area contributed by atoms with Crippen molar-refractivity contribution in [2.24, 2.45) is 0 Å². The van der Waals surface area contributed by atoms with Gasteiger partial charge in [0.15, 0.2) is 0 Å². The molecule has 0 spiro atoms. The molecule has 0 bridgehead atoms. The standard InChI is InChI=1S/C12H14N4O2/c1-16(7-8-5-14-15-6-8)12(18)10-4-9(17)2-3-11(10)13/h2-6,17H,7,13H2,1H3,(H,14,15). The number of aromatic amines is 1. The molecular weight excluding hydrogens is 232 g/mol. The van der Waals surface area contributed by atoms with Crippen LogP contribution in [-0.2, 0) is 6.54 Å². The maximum Gasteiger partial charge on any atom is 0.256 e. The van der Waals surface area contributed by atoms with Crippen LogP contribution in [0.2, 0.25) is 0 Å². The van der Waals surface area contributed by atoms with Crippen molar-refractivity contribution in [3.8, 4) is 5.75 Å². The van der Waals surface area contributed by atoms with E-state index in [1.807, 2.05) is 0 Å². The second-order valence-electron chi connectivity index (χ2n) is 4.04. The number of aromatic hydroxyl groups is 1. The van der Waals surface area contributed by atoms with Crippen LogP contribution in [0.25, 0.3) is 0 Å². The number of anilines is 1. The zero-order valence-corrected chi connectivity index (χ0v) is 9.92. The van der Waals surface area contributed by atoms with Gasteiger partial charge in [0.05, 0.1) is 11.8 Å². The number of nitrogens with two attached hydrogens (primary N) is 1. The SMILES string of the molecule is CN(Cc1cn[nH]c1)C(=O)c1cc(O)ccc1N. The summed E-state index contributed by atoms with van der Waals surface area (Å²) in [6.45, 7) is 0.421. The van der Waals surface area contributed by atoms with Crippen LogP contribution in [-0.4, -0.2) is 33.2 Å². The second kappa shape index (κ2) is 4.79. The molecule has 1 amide bonds. The molecule has 6 heteroatoms. The number of nitrogen functional groups attached to an aromatic ring is 1. The van der Waals surface area contributed by atoms with Crippen molar-refractivity contribution < 1.29 is 9.90 Å². The summed E-state index contributed by atoms with van der Waals surface area (Å²) in [5.74, 6) is -0.228. The highest BCUT2D eigenvalue weighted by Gasteiger charge is 2.15. The quantitative estimate of drug-likeness (QED) is 0.555. The molecule has 2 rings (SSSR count). The third-order valence-electron chi connectivity index (χ3n) is 2.59. The average Bonchev–Trinajstić information content (AvgIpc) is 2.84. The topological polar surface area (TPSA) is 95.2 Å². The molecule has 0 unspecified atom stereocenters. The van der Waals surface area contributed by atoms with E-state index in [-0.39, 0.29) is 11.7 Å². The van der Waals surface area contributed by atoms with Crippen molar-refractivity contribution in [1.82, 2.24) is 15.1 Å². The predicted octanol–water partition coefficient (Wildman–Crippen LogP) is 0.970. The molecule has 6 nitrogen and oxygen atoms in total. The number of nitrogens with one attached hydrogen (secondary N) is 1. The van der Waals surface area contributed by atoms with Gasteiger partial charge in [-0.05, 0) is 18.2 Å². The van der Waals surface area contributed by atoms with Gasteiger partial charge >= 0.3 is 0 Å². The lowest BCUT2D eigenvalue weighted by atomic mass is 10.1. The van der Waals surface area contributed by atoms with Crippen LogP contribution in [0.1, 0.15) is 15.9 Å². The lowest BCUT2D eigenvalue weighted by Crippen LogP contribution is -2.26. The number of hydrogen-bond donors (Lipinski definition) is 3. The molecule has 4 N–H and O–H groups in total. The van der Waals surface area contributed by atoms with Gasteiger partial charge < -0.3 is 15.7 Å². The number of benzene rings is 1. The molecule has 18 heavy (non-hydrogen) atoms. The molecule has 0 saturated carbocycles. The average molecular weight is 246 g/mol. The van der Waals surface area contributed by atoms with Crippen LogP contribution in [0.4, 0.5) is 5.69 Å². The molecular formula is C12H14N4O2. The number of carbonyl (C=O) groups excluding carboxylic acids is 1. The van der Waals surface area contributed by atoms with Crippen molar-refractivity contribution in [2.75, 3.05) is 12.8 Å². The number of aromatic nitrogens is 2. The third kappa shape index (κ3) is 2.42. The summed E-state index contributed by atoms with van der Waals surface area (Å²) < 4.78 is 0. The summed E-state index contributed by atoms with van der Waals surface area (Å²) >= 11 is 0. The van der Waals surface area contributed by atoms with Gasteiger partial charge in [0.2, 0.25) is 0 Å². The van der Waals surface area contributed by atoms with Crippen molar-refractivity contribution in [3.05, 3.63) is 41.7 Å². The summed E-state index contributed by atoms with van der Waals surface area (Å²) in [7, 11) is 1.67. The highest BCUT2D eigenvalue weighted by molar-refractivity contribution is 5.99. The zero-order chi connectivity index (χ0) is 13.1. The fourth-order valence-electron chi connectivity index (χ4n) is 1.64. The Bertz CT molecular complexity index is 551. The maximum absolute atomic E-state index is 12.1. The first-order valence-electron chi connectivity index (χ1n) is 5.39. The Morgan fingerprint density at radius 3 is 3.00 bits per heavy atom. The third-order valence-corrected chi connectivity index (χ3v) is 2.59. The van der Waals surface area contributed by atoms with Crippen LogP contribution in [0, 0.1) is 0 Å². The number of H-pyrrole nitrogens is 1. The van der Waals surface area contributed by atoms with Crippen molar-refractivity contribution >= 4 is 11.6 Å². The highest BCUT2D eigenvalue weighted by atomic mass is 16.3. The minimum Gasteiger partial charge on any atom is -0.508 e. The van der Waals surface area contributed by atoms with Gasteiger partial charge in [-0.1, -0.05) is 0 Å². The first-order chi connectivity index (χ1) is 8.58. The molecule has 1 aromatic carbocycles. The molecule has 1 heterocycles. The van der Waals surface area contributed by atoms with Gasteiger partial charge in [-0.2, -0.15) is 5.10 Å². The number of phenols is 1. The monoisotopic (exact) mass is 246 g/mol. The number of carbonyl (C=O) groups is 1. The Labute approximate surface area is 104 Å². The molecule has 94 valence electrons. The van der Waals surface area contributed by atoms with Gasteiger partial charge in [-0.15, -0.1) is 0 Å². The first kappa shape index (κ1) is 12.0. The molecule has 0 saturated heterocycles. The minimum absolute atomic E-state index is 0.0178. The molecule has 0 fully saturated rings. The fourth-order valence-corrected chi connectivity index (χ4v) is 1.64. The number of amides is 1. The molecule has 0 aliphatic heterocycles. The summed E-state index contributed by atoms with van der Waals surface area (Å²) in [5.41, 5.74) is 7.25. The Morgan fingerprint density at radius 2 is 2.33 bits per heavy atom. The number of nitrogens with zero attached hydrogens (tertiary/aromatic N) is 2. The summed E-state index contributed by atoms with van der Waals surface area (Å²) in [6, 6.07) is 4.32. The minimum atomic E-state index is -0.246. The number of phenolic OH excluding ortho intramolecular Hbond substituents is 1. The van der Waals surface area contributed by atoms with Crippen LogP contribution in [0.3, 0.4) is 0 Å². The Morgan fingerprint density at radius 1 is 1.56 bits per heavy atom. The maximum atomic E-state index is 12.1. The summed E-state index contributed by atoms with van der Waals surface area (Å²) in [4.78, 5) is 13.7. The van der Waals surface area contributed by atoms with E-state index in [1.165, 1.54) is 23.1 Å². The summed E-state index contributed by atoms with van der Waals surface area (Å²) in [5, 5.41) is 15.9. The van der Waals surface area contributed by atoms with E-state index in [0.29, 0.717) is 17.8 Å². The second-order valence-corrected chi connectivity index (χ2v) is 4.04. The molecule has 0 radical (unpaired) electrons. The van der Waals surface area contributed by atoms with Crippen LogP contribution in [0.5, 0.6) is 5.75 Å². The Hall–Kier alpha value is -2.50. The zero-order valence-electron chi connectivity index (χ0n) is 9.92. The fraction of sp³-hybridized carbons (Fsp3) is 0.167. The van der Waals surface area contributed by atoms with Gasteiger partial charge in [0.1, 0.15) is 5.75 Å². The molecule has 0 atom stereocenters. The highest BCUT2D eigenvalue weighted by Crippen LogP contribution is 2.20. The Kier molecular flexibility index (Phi) is 3.18. The van der Waals surface area contributed by atoms with Crippen LogP contribution < -0.4 is 5.73 Å².